The van der Waals surface area contributed by atoms with Gasteiger partial charge < -0.3 is 5.32 Å². The summed E-state index contributed by atoms with van der Waals surface area (Å²) in [5.74, 6) is 0.129. The molecule has 1 N–H and O–H groups in total. The smallest absolute Gasteiger partial charge is 0.221 e. The fourth-order valence-corrected chi connectivity index (χ4v) is 3.65. The van der Waals surface area contributed by atoms with Gasteiger partial charge in [0.1, 0.15) is 5.78 Å². The lowest BCUT2D eigenvalue weighted by Crippen LogP contribution is -2.21. The topological polar surface area (TPSA) is 89.8 Å². The highest BCUT2D eigenvalue weighted by Crippen LogP contribution is 2.31. The Labute approximate surface area is 137 Å². The number of nitrogens with zero attached hydrogens (tertiary/aromatic N) is 4. The highest BCUT2D eigenvalue weighted by atomic mass is 32.2. The monoisotopic (exact) mass is 331 g/mol. The first kappa shape index (κ1) is 15.7. The molecular weight excluding hydrogens is 314 g/mol. The third-order valence-corrected chi connectivity index (χ3v) is 4.85. The highest BCUT2D eigenvalue weighted by Gasteiger charge is 2.25. The van der Waals surface area contributed by atoms with E-state index in [0.717, 1.165) is 24.9 Å². The van der Waals surface area contributed by atoms with Gasteiger partial charge in [-0.1, -0.05) is 24.2 Å². The first-order valence-corrected chi connectivity index (χ1v) is 8.37. The van der Waals surface area contributed by atoms with Crippen LogP contribution in [0.5, 0.6) is 0 Å². The van der Waals surface area contributed by atoms with Crippen LogP contribution in [0.1, 0.15) is 32.6 Å². The van der Waals surface area contributed by atoms with Gasteiger partial charge in [-0.05, 0) is 41.5 Å². The number of carbonyl (C=O) groups excluding carboxylic acids is 2. The molecule has 1 aromatic carbocycles. The minimum atomic E-state index is -0.138. The molecule has 3 rings (SSSR count). The van der Waals surface area contributed by atoms with Gasteiger partial charge in [0.25, 0.3) is 0 Å². The number of amides is 1. The van der Waals surface area contributed by atoms with Crippen molar-refractivity contribution in [2.24, 2.45) is 0 Å². The molecule has 0 radical (unpaired) electrons. The summed E-state index contributed by atoms with van der Waals surface area (Å²) in [6, 6.07) is 7.27. The third-order valence-electron chi connectivity index (χ3n) is 3.60. The Balaban J connectivity index is 1.83. The summed E-state index contributed by atoms with van der Waals surface area (Å²) in [6.07, 6.45) is 3.53. The van der Waals surface area contributed by atoms with E-state index in [1.54, 1.807) is 16.8 Å². The Morgan fingerprint density at radius 1 is 1.39 bits per heavy atom. The van der Waals surface area contributed by atoms with Crippen LogP contribution in [0.25, 0.3) is 5.69 Å². The van der Waals surface area contributed by atoms with Crippen molar-refractivity contribution in [2.45, 2.75) is 43.0 Å². The van der Waals surface area contributed by atoms with Crippen molar-refractivity contribution in [1.29, 1.82) is 0 Å². The lowest BCUT2D eigenvalue weighted by Gasteiger charge is -2.19. The number of aromatic nitrogens is 4. The largest absolute Gasteiger partial charge is 0.326 e. The van der Waals surface area contributed by atoms with E-state index in [0.29, 0.717) is 17.3 Å². The van der Waals surface area contributed by atoms with Crippen molar-refractivity contribution in [2.75, 3.05) is 5.32 Å². The van der Waals surface area contributed by atoms with Crippen molar-refractivity contribution in [3.63, 3.8) is 0 Å². The SMILES string of the molecule is CC(=O)Nc1cccc(-n2nnnc2SC2CCCCC2=O)c1. The molecule has 1 aliphatic carbocycles. The van der Waals surface area contributed by atoms with Gasteiger partial charge in [0.15, 0.2) is 0 Å². The van der Waals surface area contributed by atoms with Gasteiger partial charge in [0.05, 0.1) is 10.9 Å². The molecule has 120 valence electrons. The summed E-state index contributed by atoms with van der Waals surface area (Å²) in [4.78, 5) is 23.2. The number of anilines is 1. The second-order valence-electron chi connectivity index (χ2n) is 5.42. The number of hydrogen-bond donors (Lipinski definition) is 1. The van der Waals surface area contributed by atoms with Crippen LogP contribution in [0, 0.1) is 0 Å². The number of hydrogen-bond acceptors (Lipinski definition) is 6. The number of rotatable bonds is 4. The zero-order valence-corrected chi connectivity index (χ0v) is 13.5. The number of benzene rings is 1. The van der Waals surface area contributed by atoms with E-state index in [1.165, 1.54) is 18.7 Å². The van der Waals surface area contributed by atoms with Gasteiger partial charge >= 0.3 is 0 Å². The molecule has 1 amide bonds. The average Bonchev–Trinajstić information content (AvgIpc) is 2.97. The zero-order chi connectivity index (χ0) is 16.2. The number of Topliss-reactive ketones (excluding diaryl/α,β-unsaturated/α-hetero) is 1. The standard InChI is InChI=1S/C15H17N5O2S/c1-10(21)16-11-5-4-6-12(9-11)20-15(17-18-19-20)23-14-8-3-2-7-13(14)22/h4-6,9,14H,2-3,7-8H2,1H3,(H,16,21). The van der Waals surface area contributed by atoms with E-state index < -0.39 is 0 Å². The van der Waals surface area contributed by atoms with Crippen molar-refractivity contribution >= 4 is 29.1 Å². The van der Waals surface area contributed by atoms with Crippen LogP contribution in [-0.4, -0.2) is 37.1 Å². The van der Waals surface area contributed by atoms with E-state index in [-0.39, 0.29) is 16.9 Å². The minimum absolute atomic E-state index is 0.0768. The molecule has 0 saturated heterocycles. The van der Waals surface area contributed by atoms with Gasteiger partial charge in [-0.25, -0.2) is 0 Å². The molecule has 2 aromatic rings. The van der Waals surface area contributed by atoms with Gasteiger partial charge in [-0.3, -0.25) is 9.59 Å². The summed E-state index contributed by atoms with van der Waals surface area (Å²) in [5.41, 5.74) is 1.42. The number of tetrazole rings is 1. The van der Waals surface area contributed by atoms with Crippen LogP contribution < -0.4 is 5.32 Å². The lowest BCUT2D eigenvalue weighted by atomic mass is 9.99. The molecule has 0 spiro atoms. The molecule has 23 heavy (non-hydrogen) atoms. The summed E-state index contributed by atoms with van der Waals surface area (Å²) >= 11 is 1.41. The summed E-state index contributed by atoms with van der Waals surface area (Å²) in [5, 5.41) is 15.0. The fourth-order valence-electron chi connectivity index (χ4n) is 2.54. The fraction of sp³-hybridized carbons (Fsp3) is 0.400. The molecule has 1 aromatic heterocycles. The van der Waals surface area contributed by atoms with Crippen molar-refractivity contribution in [1.82, 2.24) is 20.2 Å². The summed E-state index contributed by atoms with van der Waals surface area (Å²) < 4.78 is 1.60. The Bertz CT molecular complexity index is 730. The average molecular weight is 331 g/mol. The molecule has 1 aliphatic rings. The van der Waals surface area contributed by atoms with Crippen LogP contribution in [0.15, 0.2) is 29.4 Å². The molecule has 0 aliphatic heterocycles. The molecule has 7 nitrogen and oxygen atoms in total. The van der Waals surface area contributed by atoms with Crippen molar-refractivity contribution in [3.8, 4) is 5.69 Å². The Morgan fingerprint density at radius 2 is 2.26 bits per heavy atom. The number of ketones is 1. The highest BCUT2D eigenvalue weighted by molar-refractivity contribution is 8.00. The van der Waals surface area contributed by atoms with Gasteiger partial charge in [0.2, 0.25) is 11.1 Å². The van der Waals surface area contributed by atoms with Crippen molar-refractivity contribution < 1.29 is 9.59 Å². The zero-order valence-electron chi connectivity index (χ0n) is 12.7. The van der Waals surface area contributed by atoms with Gasteiger partial charge in [-0.2, -0.15) is 4.68 Å². The molecule has 1 atom stereocenters. The Hall–Kier alpha value is -2.22. The maximum Gasteiger partial charge on any atom is 0.221 e. The molecule has 1 fully saturated rings. The van der Waals surface area contributed by atoms with E-state index in [4.69, 9.17) is 0 Å². The Morgan fingerprint density at radius 3 is 3.04 bits per heavy atom. The van der Waals surface area contributed by atoms with Crippen LogP contribution in [0.3, 0.4) is 0 Å². The van der Waals surface area contributed by atoms with Crippen LogP contribution >= 0.6 is 11.8 Å². The van der Waals surface area contributed by atoms with Crippen LogP contribution in [0.2, 0.25) is 0 Å². The predicted molar refractivity (Wildman–Crippen MR) is 86.6 cm³/mol. The molecule has 0 bridgehead atoms. The van der Waals surface area contributed by atoms with Gasteiger partial charge in [0, 0.05) is 19.0 Å². The van der Waals surface area contributed by atoms with E-state index >= 15 is 0 Å². The lowest BCUT2D eigenvalue weighted by molar-refractivity contribution is -0.119. The maximum atomic E-state index is 12.0. The van der Waals surface area contributed by atoms with Crippen molar-refractivity contribution in [3.05, 3.63) is 24.3 Å². The van der Waals surface area contributed by atoms with Crippen LogP contribution in [-0.2, 0) is 9.59 Å². The second kappa shape index (κ2) is 6.91. The predicted octanol–water partition coefficient (Wildman–Crippen LogP) is 2.22. The third kappa shape index (κ3) is 3.76. The summed E-state index contributed by atoms with van der Waals surface area (Å²) in [6.45, 7) is 1.46. The quantitative estimate of drug-likeness (QED) is 0.924. The molecule has 1 saturated carbocycles. The number of carbonyl (C=O) groups is 2. The van der Waals surface area contributed by atoms with E-state index in [2.05, 4.69) is 20.8 Å². The Kier molecular flexibility index (Phi) is 4.71. The van der Waals surface area contributed by atoms with E-state index in [9.17, 15) is 9.59 Å². The first-order valence-electron chi connectivity index (χ1n) is 7.49. The molecule has 1 unspecified atom stereocenters. The van der Waals surface area contributed by atoms with Crippen LogP contribution in [0.4, 0.5) is 5.69 Å². The van der Waals surface area contributed by atoms with Gasteiger partial charge in [-0.15, -0.1) is 5.10 Å². The van der Waals surface area contributed by atoms with E-state index in [1.807, 2.05) is 12.1 Å². The normalized spacial score (nSPS) is 18.0. The summed E-state index contributed by atoms with van der Waals surface area (Å²) in [7, 11) is 0. The first-order chi connectivity index (χ1) is 11.1. The molecule has 8 heteroatoms. The number of nitrogens with one attached hydrogen (secondary N) is 1. The minimum Gasteiger partial charge on any atom is -0.326 e. The molecular formula is C15H17N5O2S. The number of thioether (sulfide) groups is 1. The maximum absolute atomic E-state index is 12.0. The molecule has 1 heterocycles. The second-order valence-corrected chi connectivity index (χ2v) is 6.59.